The van der Waals surface area contributed by atoms with Crippen LogP contribution in [-0.2, 0) is 11.3 Å². The fourth-order valence-electron chi connectivity index (χ4n) is 1.60. The van der Waals surface area contributed by atoms with Gasteiger partial charge < -0.3 is 4.57 Å². The van der Waals surface area contributed by atoms with E-state index in [0.29, 0.717) is 16.9 Å². The van der Waals surface area contributed by atoms with Gasteiger partial charge in [0.15, 0.2) is 4.80 Å². The summed E-state index contributed by atoms with van der Waals surface area (Å²) in [5.74, 6) is -0.547. The van der Waals surface area contributed by atoms with Crippen molar-refractivity contribution in [3.05, 3.63) is 28.8 Å². The lowest BCUT2D eigenvalue weighted by atomic mass is 10.3. The molecule has 0 N–H and O–H groups in total. The van der Waals surface area contributed by atoms with Crippen molar-refractivity contribution in [2.45, 2.75) is 20.4 Å². The molecule has 1 amide bonds. The first-order chi connectivity index (χ1) is 7.63. The summed E-state index contributed by atoms with van der Waals surface area (Å²) in [7, 11) is 0. The molecule has 0 aliphatic heterocycles. The molecule has 0 radical (unpaired) electrons. The Bertz CT molecular complexity index is 612. The molecule has 0 saturated heterocycles. The second-order valence-electron chi connectivity index (χ2n) is 3.35. The van der Waals surface area contributed by atoms with Crippen molar-refractivity contribution in [2.24, 2.45) is 4.99 Å². The Morgan fingerprint density at radius 2 is 2.31 bits per heavy atom. The highest BCUT2D eigenvalue weighted by atomic mass is 32.1. The number of benzene rings is 1. The normalized spacial score (nSPS) is 12.3. The van der Waals surface area contributed by atoms with Crippen molar-refractivity contribution in [1.29, 1.82) is 0 Å². The maximum absolute atomic E-state index is 13.6. The van der Waals surface area contributed by atoms with Crippen LogP contribution in [0.25, 0.3) is 10.2 Å². The molecule has 0 saturated carbocycles. The van der Waals surface area contributed by atoms with E-state index in [1.54, 1.807) is 10.6 Å². The summed E-state index contributed by atoms with van der Waals surface area (Å²) in [6.07, 6.45) is 0. The number of para-hydroxylation sites is 1. The third kappa shape index (κ3) is 1.78. The van der Waals surface area contributed by atoms with Crippen LogP contribution in [0.3, 0.4) is 0 Å². The number of aromatic nitrogens is 1. The lowest BCUT2D eigenvalue weighted by Crippen LogP contribution is -2.15. The molecule has 0 atom stereocenters. The molecular formula is C11H11FN2OS. The van der Waals surface area contributed by atoms with Gasteiger partial charge in [0.05, 0.1) is 10.2 Å². The molecule has 1 aromatic heterocycles. The fraction of sp³-hybridized carbons (Fsp3) is 0.273. The minimum atomic E-state index is -0.277. The highest BCUT2D eigenvalue weighted by Crippen LogP contribution is 2.20. The van der Waals surface area contributed by atoms with Crippen molar-refractivity contribution in [2.75, 3.05) is 0 Å². The first-order valence-electron chi connectivity index (χ1n) is 4.96. The second kappa shape index (κ2) is 4.17. The number of carbonyl (C=O) groups excluding carboxylic acids is 1. The van der Waals surface area contributed by atoms with Gasteiger partial charge in [-0.15, -0.1) is 0 Å². The number of carbonyl (C=O) groups is 1. The fourth-order valence-corrected chi connectivity index (χ4v) is 2.75. The highest BCUT2D eigenvalue weighted by Gasteiger charge is 2.09. The number of rotatable bonds is 1. The lowest BCUT2D eigenvalue weighted by molar-refractivity contribution is -0.116. The van der Waals surface area contributed by atoms with E-state index in [2.05, 4.69) is 4.99 Å². The molecular weight excluding hydrogens is 227 g/mol. The van der Waals surface area contributed by atoms with Gasteiger partial charge in [0.1, 0.15) is 5.82 Å². The average molecular weight is 238 g/mol. The second-order valence-corrected chi connectivity index (χ2v) is 4.36. The first kappa shape index (κ1) is 11.0. The van der Waals surface area contributed by atoms with Gasteiger partial charge in [-0.25, -0.2) is 4.39 Å². The zero-order valence-corrected chi connectivity index (χ0v) is 9.84. The molecule has 2 aromatic rings. The highest BCUT2D eigenvalue weighted by molar-refractivity contribution is 7.16. The molecule has 0 spiro atoms. The van der Waals surface area contributed by atoms with Gasteiger partial charge >= 0.3 is 0 Å². The largest absolute Gasteiger partial charge is 0.314 e. The SMILES string of the molecule is CCn1c(=NC(C)=O)sc2cccc(F)c21. The maximum Gasteiger partial charge on any atom is 0.245 e. The number of nitrogens with zero attached hydrogens (tertiary/aromatic N) is 2. The Morgan fingerprint density at radius 1 is 1.56 bits per heavy atom. The molecule has 2 rings (SSSR count). The first-order valence-corrected chi connectivity index (χ1v) is 5.78. The zero-order chi connectivity index (χ0) is 11.7. The lowest BCUT2D eigenvalue weighted by Gasteiger charge is -2.00. The molecule has 0 aliphatic carbocycles. The third-order valence-electron chi connectivity index (χ3n) is 2.22. The van der Waals surface area contributed by atoms with Crippen LogP contribution in [0, 0.1) is 5.82 Å². The quantitative estimate of drug-likeness (QED) is 0.750. The molecule has 3 nitrogen and oxygen atoms in total. The smallest absolute Gasteiger partial charge is 0.245 e. The Hall–Kier alpha value is -1.49. The summed E-state index contributed by atoms with van der Waals surface area (Å²) in [6, 6.07) is 4.90. The van der Waals surface area contributed by atoms with Crippen LogP contribution in [0.5, 0.6) is 0 Å². The van der Waals surface area contributed by atoms with Gasteiger partial charge in [-0.1, -0.05) is 17.4 Å². The summed E-state index contributed by atoms with van der Waals surface area (Å²) in [5.41, 5.74) is 0.523. The van der Waals surface area contributed by atoms with Crippen molar-refractivity contribution in [3.8, 4) is 0 Å². The summed E-state index contributed by atoms with van der Waals surface area (Å²) in [6.45, 7) is 3.88. The van der Waals surface area contributed by atoms with Crippen molar-refractivity contribution in [3.63, 3.8) is 0 Å². The van der Waals surface area contributed by atoms with Crippen molar-refractivity contribution in [1.82, 2.24) is 4.57 Å². The zero-order valence-electron chi connectivity index (χ0n) is 9.03. The monoisotopic (exact) mass is 238 g/mol. The van der Waals surface area contributed by atoms with E-state index in [1.807, 2.05) is 13.0 Å². The van der Waals surface area contributed by atoms with Crippen molar-refractivity contribution >= 4 is 27.5 Å². The predicted molar refractivity (Wildman–Crippen MR) is 61.7 cm³/mol. The van der Waals surface area contributed by atoms with Gasteiger partial charge in [-0.2, -0.15) is 4.99 Å². The number of amides is 1. The summed E-state index contributed by atoms with van der Waals surface area (Å²) >= 11 is 1.33. The number of hydrogen-bond donors (Lipinski definition) is 0. The minimum Gasteiger partial charge on any atom is -0.314 e. The van der Waals surface area contributed by atoms with Crippen LogP contribution in [0.4, 0.5) is 4.39 Å². The molecule has 16 heavy (non-hydrogen) atoms. The van der Waals surface area contributed by atoms with Crippen LogP contribution < -0.4 is 4.80 Å². The van der Waals surface area contributed by atoms with Crippen LogP contribution in [0.15, 0.2) is 23.2 Å². The number of thiazole rings is 1. The summed E-state index contributed by atoms with van der Waals surface area (Å²) < 4.78 is 16.2. The van der Waals surface area contributed by atoms with Crippen molar-refractivity contribution < 1.29 is 9.18 Å². The maximum atomic E-state index is 13.6. The van der Waals surface area contributed by atoms with Gasteiger partial charge in [-0.05, 0) is 19.1 Å². The Labute approximate surface area is 95.9 Å². The van der Waals surface area contributed by atoms with Gasteiger partial charge in [0.2, 0.25) is 5.91 Å². The van der Waals surface area contributed by atoms with E-state index in [4.69, 9.17) is 0 Å². The van der Waals surface area contributed by atoms with Crippen LogP contribution in [0.1, 0.15) is 13.8 Å². The molecule has 84 valence electrons. The van der Waals surface area contributed by atoms with Gasteiger partial charge in [-0.3, -0.25) is 4.79 Å². The molecule has 5 heteroatoms. The third-order valence-corrected chi connectivity index (χ3v) is 3.26. The topological polar surface area (TPSA) is 34.4 Å². The van der Waals surface area contributed by atoms with E-state index in [0.717, 1.165) is 4.70 Å². The number of aryl methyl sites for hydroxylation is 1. The Morgan fingerprint density at radius 3 is 2.94 bits per heavy atom. The predicted octanol–water partition coefficient (Wildman–Crippen LogP) is 2.31. The minimum absolute atomic E-state index is 0.269. The van der Waals surface area contributed by atoms with E-state index in [9.17, 15) is 9.18 Å². The average Bonchev–Trinajstić information content (AvgIpc) is 2.55. The van der Waals surface area contributed by atoms with E-state index in [-0.39, 0.29) is 11.7 Å². The number of hydrogen-bond acceptors (Lipinski definition) is 2. The molecule has 0 unspecified atom stereocenters. The summed E-state index contributed by atoms with van der Waals surface area (Å²) in [5, 5.41) is 0. The molecule has 0 aliphatic rings. The molecule has 1 heterocycles. The van der Waals surface area contributed by atoms with Crippen LogP contribution >= 0.6 is 11.3 Å². The Kier molecular flexibility index (Phi) is 2.87. The van der Waals surface area contributed by atoms with Gasteiger partial charge in [0, 0.05) is 13.5 Å². The number of halogens is 1. The molecule has 0 bridgehead atoms. The van der Waals surface area contributed by atoms with E-state index < -0.39 is 0 Å². The van der Waals surface area contributed by atoms with Crippen LogP contribution in [0.2, 0.25) is 0 Å². The molecule has 1 aromatic carbocycles. The van der Waals surface area contributed by atoms with Crippen LogP contribution in [-0.4, -0.2) is 10.5 Å². The summed E-state index contributed by atoms with van der Waals surface area (Å²) in [4.78, 5) is 15.4. The van der Waals surface area contributed by atoms with Gasteiger partial charge in [0.25, 0.3) is 0 Å². The standard InChI is InChI=1S/C11H11FN2OS/c1-3-14-10-8(12)5-4-6-9(10)16-11(14)13-7(2)15/h4-6H,3H2,1-2H3. The van der Waals surface area contributed by atoms with E-state index >= 15 is 0 Å². The Balaban J connectivity index is 2.88. The number of fused-ring (bicyclic) bond motifs is 1. The molecule has 0 fully saturated rings. The van der Waals surface area contributed by atoms with E-state index in [1.165, 1.54) is 24.3 Å².